The van der Waals surface area contributed by atoms with E-state index in [0.29, 0.717) is 12.4 Å². The number of carboxylic acids is 1. The zero-order valence-electron chi connectivity index (χ0n) is 16.2. The van der Waals surface area contributed by atoms with Gasteiger partial charge in [-0.1, -0.05) is 32.0 Å². The van der Waals surface area contributed by atoms with E-state index in [0.717, 1.165) is 5.56 Å². The minimum Gasteiger partial charge on any atom is -0.491 e. The highest BCUT2D eigenvalue weighted by atomic mass is 16.5. The Hall–Kier alpha value is -2.08. The lowest BCUT2D eigenvalue weighted by Crippen LogP contribution is -2.76. The summed E-state index contributed by atoms with van der Waals surface area (Å²) >= 11 is 0. The van der Waals surface area contributed by atoms with Crippen molar-refractivity contribution in [3.8, 4) is 5.75 Å². The minimum absolute atomic E-state index is 0.0120. The number of aliphatic carboxylic acids is 1. The van der Waals surface area contributed by atoms with E-state index in [9.17, 15) is 14.7 Å². The van der Waals surface area contributed by atoms with Crippen LogP contribution in [0.15, 0.2) is 24.3 Å². The molecule has 0 aromatic heterocycles. The fourth-order valence-corrected chi connectivity index (χ4v) is 3.51. The van der Waals surface area contributed by atoms with Gasteiger partial charge in [0.2, 0.25) is 5.91 Å². The average Bonchev–Trinajstić information content (AvgIpc) is 2.54. The molecule has 0 saturated heterocycles. The number of carbonyl (C=O) groups excluding carboxylic acids is 1. The monoisotopic (exact) mass is 363 g/mol. The Kier molecular flexibility index (Phi) is 5.96. The van der Waals surface area contributed by atoms with Crippen LogP contribution in [-0.4, -0.2) is 41.3 Å². The molecule has 144 valence electrons. The van der Waals surface area contributed by atoms with Crippen LogP contribution < -0.4 is 10.1 Å². The van der Waals surface area contributed by atoms with Crippen molar-refractivity contribution in [2.24, 2.45) is 5.41 Å². The fourth-order valence-electron chi connectivity index (χ4n) is 3.51. The Morgan fingerprint density at radius 3 is 2.50 bits per heavy atom. The van der Waals surface area contributed by atoms with Crippen LogP contribution in [0.4, 0.5) is 0 Å². The largest absolute Gasteiger partial charge is 0.491 e. The smallest absolute Gasteiger partial charge is 0.330 e. The van der Waals surface area contributed by atoms with E-state index >= 15 is 0 Å². The molecule has 6 nitrogen and oxygen atoms in total. The molecule has 0 spiro atoms. The number of hydrogen-bond donors (Lipinski definition) is 2. The highest BCUT2D eigenvalue weighted by Gasteiger charge is 2.66. The van der Waals surface area contributed by atoms with Gasteiger partial charge in [-0.3, -0.25) is 4.79 Å². The first-order valence-electron chi connectivity index (χ1n) is 9.04. The van der Waals surface area contributed by atoms with Crippen molar-refractivity contribution < 1.29 is 24.2 Å². The van der Waals surface area contributed by atoms with Gasteiger partial charge in [-0.25, -0.2) is 4.79 Å². The van der Waals surface area contributed by atoms with Gasteiger partial charge in [-0.05, 0) is 26.8 Å². The highest BCUT2D eigenvalue weighted by molar-refractivity contribution is 5.90. The number of ether oxygens (including phenoxy) is 2. The zero-order chi connectivity index (χ0) is 19.5. The SMILES string of the molecule is CCOC1CC(NC(=O)Cc2ccccc2OC(C)C)(C(=O)O)C1(C)C. The number of para-hydroxylation sites is 1. The summed E-state index contributed by atoms with van der Waals surface area (Å²) in [5.74, 6) is -0.726. The van der Waals surface area contributed by atoms with Crippen LogP contribution in [-0.2, 0) is 20.7 Å². The van der Waals surface area contributed by atoms with Crippen molar-refractivity contribution in [2.75, 3.05) is 6.61 Å². The molecule has 1 saturated carbocycles. The first-order chi connectivity index (χ1) is 12.1. The minimum atomic E-state index is -1.32. The molecule has 2 unspecified atom stereocenters. The average molecular weight is 363 g/mol. The summed E-state index contributed by atoms with van der Waals surface area (Å²) in [5.41, 5.74) is -1.28. The summed E-state index contributed by atoms with van der Waals surface area (Å²) in [7, 11) is 0. The van der Waals surface area contributed by atoms with E-state index < -0.39 is 16.9 Å². The number of rotatable bonds is 8. The van der Waals surface area contributed by atoms with E-state index in [4.69, 9.17) is 9.47 Å². The molecule has 1 fully saturated rings. The van der Waals surface area contributed by atoms with Gasteiger partial charge in [-0.2, -0.15) is 0 Å². The lowest BCUT2D eigenvalue weighted by atomic mass is 9.54. The second kappa shape index (κ2) is 7.66. The third-order valence-electron chi connectivity index (χ3n) is 5.17. The predicted molar refractivity (Wildman–Crippen MR) is 98.2 cm³/mol. The second-order valence-electron chi connectivity index (χ2n) is 7.58. The van der Waals surface area contributed by atoms with Gasteiger partial charge in [-0.15, -0.1) is 0 Å². The van der Waals surface area contributed by atoms with Crippen LogP contribution in [0.25, 0.3) is 0 Å². The topological polar surface area (TPSA) is 84.9 Å². The molecule has 0 aliphatic heterocycles. The molecule has 2 atom stereocenters. The molecule has 1 aromatic rings. The second-order valence-corrected chi connectivity index (χ2v) is 7.58. The fraction of sp³-hybridized carbons (Fsp3) is 0.600. The molecule has 26 heavy (non-hydrogen) atoms. The molecule has 2 rings (SSSR count). The van der Waals surface area contributed by atoms with Crippen LogP contribution in [0, 0.1) is 5.41 Å². The number of nitrogens with one attached hydrogen (secondary N) is 1. The van der Waals surface area contributed by atoms with Gasteiger partial charge in [0, 0.05) is 24.0 Å². The molecule has 1 amide bonds. The quantitative estimate of drug-likeness (QED) is 0.742. The zero-order valence-corrected chi connectivity index (χ0v) is 16.2. The summed E-state index contributed by atoms with van der Waals surface area (Å²) in [5, 5.41) is 12.6. The van der Waals surface area contributed by atoms with Crippen molar-refractivity contribution >= 4 is 11.9 Å². The molecule has 1 aliphatic rings. The van der Waals surface area contributed by atoms with Gasteiger partial charge in [0.05, 0.1) is 18.6 Å². The van der Waals surface area contributed by atoms with Crippen LogP contribution in [0.5, 0.6) is 5.75 Å². The van der Waals surface area contributed by atoms with Crippen LogP contribution in [0.1, 0.15) is 46.6 Å². The lowest BCUT2D eigenvalue weighted by molar-refractivity contribution is -0.194. The van der Waals surface area contributed by atoms with Crippen LogP contribution in [0.3, 0.4) is 0 Å². The summed E-state index contributed by atoms with van der Waals surface area (Å²) < 4.78 is 11.4. The first-order valence-corrected chi connectivity index (χ1v) is 9.04. The van der Waals surface area contributed by atoms with E-state index in [1.54, 1.807) is 0 Å². The summed E-state index contributed by atoms with van der Waals surface area (Å²) in [6, 6.07) is 7.31. The molecule has 2 N–H and O–H groups in total. The maximum Gasteiger partial charge on any atom is 0.330 e. The maximum absolute atomic E-state index is 12.6. The van der Waals surface area contributed by atoms with Crippen molar-refractivity contribution in [2.45, 2.75) is 65.2 Å². The number of carboxylic acid groups (broad SMARTS) is 1. The third-order valence-corrected chi connectivity index (χ3v) is 5.17. The van der Waals surface area contributed by atoms with Gasteiger partial charge in [0.25, 0.3) is 0 Å². The molecule has 0 bridgehead atoms. The van der Waals surface area contributed by atoms with Crippen molar-refractivity contribution in [3.05, 3.63) is 29.8 Å². The Morgan fingerprint density at radius 2 is 1.96 bits per heavy atom. The maximum atomic E-state index is 12.6. The number of amides is 1. The van der Waals surface area contributed by atoms with Crippen LogP contribution >= 0.6 is 0 Å². The van der Waals surface area contributed by atoms with Gasteiger partial charge in [0.1, 0.15) is 11.3 Å². The summed E-state index contributed by atoms with van der Waals surface area (Å²) in [6.45, 7) is 9.86. The number of carbonyl (C=O) groups is 2. The lowest BCUT2D eigenvalue weighted by Gasteiger charge is -2.58. The van der Waals surface area contributed by atoms with E-state index in [-0.39, 0.29) is 31.0 Å². The van der Waals surface area contributed by atoms with Crippen molar-refractivity contribution in [1.82, 2.24) is 5.32 Å². The van der Waals surface area contributed by atoms with Gasteiger partial charge < -0.3 is 19.9 Å². The number of hydrogen-bond acceptors (Lipinski definition) is 4. The van der Waals surface area contributed by atoms with E-state index in [2.05, 4.69) is 5.32 Å². The first kappa shape index (κ1) is 20.2. The van der Waals surface area contributed by atoms with E-state index in [1.165, 1.54) is 0 Å². The van der Waals surface area contributed by atoms with Gasteiger partial charge in [0.15, 0.2) is 0 Å². The molecule has 0 heterocycles. The normalized spacial score (nSPS) is 24.0. The summed E-state index contributed by atoms with van der Waals surface area (Å²) in [4.78, 5) is 24.6. The standard InChI is InChI=1S/C20H29NO5/c1-6-25-16-12-20(18(23)24,19(16,4)5)21-17(22)11-14-9-7-8-10-15(14)26-13(2)3/h7-10,13,16H,6,11-12H2,1-5H3,(H,21,22)(H,23,24). The Labute approximate surface area is 154 Å². The molecule has 1 aliphatic carbocycles. The molecule has 0 radical (unpaired) electrons. The third kappa shape index (κ3) is 3.70. The Bertz CT molecular complexity index is 670. The molecular formula is C20H29NO5. The molecule has 1 aromatic carbocycles. The predicted octanol–water partition coefficient (Wildman–Crippen LogP) is 2.79. The van der Waals surface area contributed by atoms with Crippen molar-refractivity contribution in [3.63, 3.8) is 0 Å². The molecule has 6 heteroatoms. The van der Waals surface area contributed by atoms with Crippen LogP contribution in [0.2, 0.25) is 0 Å². The number of benzene rings is 1. The van der Waals surface area contributed by atoms with E-state index in [1.807, 2.05) is 58.9 Å². The Balaban J connectivity index is 2.15. The Morgan fingerprint density at radius 1 is 1.31 bits per heavy atom. The van der Waals surface area contributed by atoms with Gasteiger partial charge >= 0.3 is 5.97 Å². The highest BCUT2D eigenvalue weighted by Crippen LogP contribution is 2.51. The molecular weight excluding hydrogens is 334 g/mol. The van der Waals surface area contributed by atoms with Crippen molar-refractivity contribution in [1.29, 1.82) is 0 Å². The summed E-state index contributed by atoms with van der Waals surface area (Å²) in [6.07, 6.45) is 0.120.